The van der Waals surface area contributed by atoms with Gasteiger partial charge in [-0.1, -0.05) is 30.3 Å². The van der Waals surface area contributed by atoms with Gasteiger partial charge in [-0.25, -0.2) is 0 Å². The summed E-state index contributed by atoms with van der Waals surface area (Å²) in [4.78, 5) is 25.2. The van der Waals surface area contributed by atoms with Crippen LogP contribution in [0.2, 0.25) is 0 Å². The predicted octanol–water partition coefficient (Wildman–Crippen LogP) is 2.67. The Morgan fingerprint density at radius 1 is 1.29 bits per heavy atom. The van der Waals surface area contributed by atoms with Crippen LogP contribution in [-0.2, 0) is 6.61 Å². The molecule has 0 aliphatic carbocycles. The van der Waals surface area contributed by atoms with Crippen LogP contribution in [0, 0.1) is 10.1 Å². The molecule has 0 fully saturated rings. The highest BCUT2D eigenvalue weighted by atomic mass is 16.6. The van der Waals surface area contributed by atoms with Crippen molar-refractivity contribution in [3.63, 3.8) is 0 Å². The summed E-state index contributed by atoms with van der Waals surface area (Å²) in [6, 6.07) is 11.6. The van der Waals surface area contributed by atoms with Crippen molar-refractivity contribution in [2.75, 3.05) is 7.11 Å². The molecule has 0 heterocycles. The highest BCUT2D eigenvalue weighted by molar-refractivity contribution is 6.34. The molecule has 0 aromatic heterocycles. The molecule has 24 heavy (non-hydrogen) atoms. The highest BCUT2D eigenvalue weighted by Crippen LogP contribution is 2.40. The van der Waals surface area contributed by atoms with Crippen LogP contribution in [0.4, 0.5) is 5.69 Å². The molecule has 2 rings (SSSR count). The predicted molar refractivity (Wildman–Crippen MR) is 84.4 cm³/mol. The van der Waals surface area contributed by atoms with Crippen molar-refractivity contribution in [1.82, 2.24) is 0 Å². The van der Waals surface area contributed by atoms with Crippen LogP contribution >= 0.6 is 0 Å². The monoisotopic (exact) mass is 327 g/mol. The van der Waals surface area contributed by atoms with Gasteiger partial charge in [0.15, 0.2) is 5.75 Å². The second-order valence-electron chi connectivity index (χ2n) is 4.63. The van der Waals surface area contributed by atoms with Crippen LogP contribution in [0.1, 0.15) is 15.9 Å². The lowest BCUT2D eigenvalue weighted by molar-refractivity contribution is -0.386. The third kappa shape index (κ3) is 3.63. The van der Waals surface area contributed by atoms with Gasteiger partial charge in [0.05, 0.1) is 12.0 Å². The molecule has 0 atom stereocenters. The number of methoxy groups -OCH3 is 1. The number of hydrogen-bond donors (Lipinski definition) is 0. The number of benzene rings is 2. The minimum Gasteiger partial charge on any atom is -0.493 e. The lowest BCUT2D eigenvalue weighted by Gasteiger charge is -2.12. The molecule has 0 aliphatic rings. The van der Waals surface area contributed by atoms with E-state index < -0.39 is 16.4 Å². The molecule has 122 valence electrons. The van der Waals surface area contributed by atoms with Gasteiger partial charge in [0.1, 0.15) is 12.2 Å². The van der Waals surface area contributed by atoms with Crippen molar-refractivity contribution in [2.45, 2.75) is 6.61 Å². The molecule has 0 saturated heterocycles. The van der Waals surface area contributed by atoms with Crippen molar-refractivity contribution < 1.29 is 24.0 Å². The Kier molecular flexibility index (Phi) is 5.38. The fourth-order valence-corrected chi connectivity index (χ4v) is 2.08. The normalized spacial score (nSPS) is 9.71. The van der Waals surface area contributed by atoms with E-state index in [9.17, 15) is 14.9 Å². The van der Waals surface area contributed by atoms with Gasteiger partial charge in [-0.3, -0.25) is 14.9 Å². The average molecular weight is 327 g/mol. The Bertz CT molecular complexity index is 814. The summed E-state index contributed by atoms with van der Waals surface area (Å²) >= 11 is 0. The summed E-state index contributed by atoms with van der Waals surface area (Å²) < 4.78 is 10.6. The van der Waals surface area contributed by atoms with E-state index in [0.29, 0.717) is 6.21 Å². The maximum absolute atomic E-state index is 11.9. The van der Waals surface area contributed by atoms with Gasteiger partial charge >= 0.3 is 11.9 Å². The molecule has 2 aromatic rings. The number of nitro groups is 1. The summed E-state index contributed by atoms with van der Waals surface area (Å²) in [5.41, 5.74) is 8.46. The SMILES string of the molecule is COc1ccc(C(=O)C=[N+]=[N-])c([N+](=O)[O-])c1OCc1ccccc1. The zero-order valence-corrected chi connectivity index (χ0v) is 12.7. The molecule has 8 nitrogen and oxygen atoms in total. The Hall–Kier alpha value is -3.51. The summed E-state index contributed by atoms with van der Waals surface area (Å²) in [6.45, 7) is 0.0593. The van der Waals surface area contributed by atoms with E-state index in [1.165, 1.54) is 19.2 Å². The Morgan fingerprint density at radius 2 is 2.00 bits per heavy atom. The molecule has 0 unspecified atom stereocenters. The number of ether oxygens (including phenoxy) is 2. The minimum absolute atomic E-state index is 0.0593. The molecule has 0 radical (unpaired) electrons. The van der Waals surface area contributed by atoms with Crippen LogP contribution in [0.5, 0.6) is 11.5 Å². The van der Waals surface area contributed by atoms with Crippen LogP contribution in [0.15, 0.2) is 42.5 Å². The zero-order valence-electron chi connectivity index (χ0n) is 12.7. The molecule has 0 saturated carbocycles. The van der Waals surface area contributed by atoms with Crippen molar-refractivity contribution in [3.8, 4) is 11.5 Å². The molecule has 2 aromatic carbocycles. The first-order valence-electron chi connectivity index (χ1n) is 6.82. The topological polar surface area (TPSA) is 115 Å². The lowest BCUT2D eigenvalue weighted by atomic mass is 10.1. The number of hydrogen-bond acceptors (Lipinski definition) is 5. The first-order chi connectivity index (χ1) is 11.6. The maximum Gasteiger partial charge on any atom is 0.328 e. The Morgan fingerprint density at radius 3 is 2.58 bits per heavy atom. The molecule has 0 amide bonds. The van der Waals surface area contributed by atoms with Crippen molar-refractivity contribution >= 4 is 17.7 Å². The van der Waals surface area contributed by atoms with Gasteiger partial charge < -0.3 is 15.0 Å². The number of nitro benzene ring substituents is 1. The van der Waals surface area contributed by atoms with Crippen LogP contribution in [0.3, 0.4) is 0 Å². The number of nitrogens with zero attached hydrogens (tertiary/aromatic N) is 3. The van der Waals surface area contributed by atoms with E-state index in [0.717, 1.165) is 5.56 Å². The quantitative estimate of drug-likeness (QED) is 0.194. The van der Waals surface area contributed by atoms with Gasteiger partial charge in [-0.2, -0.15) is 4.79 Å². The maximum atomic E-state index is 11.9. The summed E-state index contributed by atoms with van der Waals surface area (Å²) in [5.74, 6) is -0.866. The number of rotatable bonds is 7. The number of Topliss-reactive ketones (excluding diaryl/α,β-unsaturated/α-hetero) is 1. The van der Waals surface area contributed by atoms with Gasteiger partial charge in [0.25, 0.3) is 5.78 Å². The molecule has 0 spiro atoms. The zero-order chi connectivity index (χ0) is 17.5. The highest BCUT2D eigenvalue weighted by Gasteiger charge is 2.30. The van der Waals surface area contributed by atoms with Crippen LogP contribution in [-0.4, -0.2) is 28.8 Å². The van der Waals surface area contributed by atoms with Gasteiger partial charge in [-0.15, -0.1) is 0 Å². The second kappa shape index (κ2) is 7.66. The fraction of sp³-hybridized carbons (Fsp3) is 0.125. The fourth-order valence-electron chi connectivity index (χ4n) is 2.08. The van der Waals surface area contributed by atoms with E-state index in [1.54, 1.807) is 12.1 Å². The Balaban J connectivity index is 2.49. The van der Waals surface area contributed by atoms with E-state index in [2.05, 4.69) is 4.79 Å². The third-order valence-electron chi connectivity index (χ3n) is 3.16. The van der Waals surface area contributed by atoms with Crippen LogP contribution in [0.25, 0.3) is 5.53 Å². The van der Waals surface area contributed by atoms with Gasteiger partial charge in [0, 0.05) is 0 Å². The van der Waals surface area contributed by atoms with Crippen LogP contribution < -0.4 is 9.47 Å². The van der Waals surface area contributed by atoms with Crippen molar-refractivity contribution in [2.24, 2.45) is 0 Å². The van der Waals surface area contributed by atoms with Gasteiger partial charge in [0.2, 0.25) is 5.75 Å². The van der Waals surface area contributed by atoms with Crippen molar-refractivity contribution in [1.29, 1.82) is 0 Å². The summed E-state index contributed by atoms with van der Waals surface area (Å²) in [6.07, 6.45) is 0.579. The number of ketones is 1. The van der Waals surface area contributed by atoms with E-state index in [4.69, 9.17) is 15.0 Å². The third-order valence-corrected chi connectivity index (χ3v) is 3.16. The first kappa shape index (κ1) is 16.9. The largest absolute Gasteiger partial charge is 0.493 e. The summed E-state index contributed by atoms with van der Waals surface area (Å²) in [5, 5.41) is 11.4. The van der Waals surface area contributed by atoms with Gasteiger partial charge in [-0.05, 0) is 17.7 Å². The number of carbonyl (C=O) groups excluding carboxylic acids is 1. The van der Waals surface area contributed by atoms with Crippen molar-refractivity contribution in [3.05, 3.63) is 69.2 Å². The molecule has 0 bridgehead atoms. The molecule has 0 aliphatic heterocycles. The standard InChI is InChI=1S/C16H13N3O5/c1-23-14-8-7-12(13(20)9-18-17)15(19(21)22)16(14)24-10-11-5-3-2-4-6-11/h2-9H,10H2,1H3. The second-order valence-corrected chi connectivity index (χ2v) is 4.63. The van der Waals surface area contributed by atoms with E-state index >= 15 is 0 Å². The Labute approximate surface area is 137 Å². The minimum atomic E-state index is -0.823. The molecule has 8 heteroatoms. The van der Waals surface area contributed by atoms with E-state index in [-0.39, 0.29) is 23.7 Å². The first-order valence-corrected chi connectivity index (χ1v) is 6.82. The summed E-state index contributed by atoms with van der Waals surface area (Å²) in [7, 11) is 1.34. The van der Waals surface area contributed by atoms with E-state index in [1.807, 2.05) is 18.2 Å². The molecular formula is C16H13N3O5. The smallest absolute Gasteiger partial charge is 0.328 e. The number of carbonyl (C=O) groups is 1. The lowest BCUT2D eigenvalue weighted by Crippen LogP contribution is -2.09. The average Bonchev–Trinajstić information content (AvgIpc) is 2.59. The molecule has 0 N–H and O–H groups in total. The molecular weight excluding hydrogens is 314 g/mol.